The zero-order valence-electron chi connectivity index (χ0n) is 15.9. The zero-order chi connectivity index (χ0) is 18.3. The number of carbonyl (C=O) groups excluding carboxylic acids is 2. The number of carbonyl (C=O) groups is 2. The summed E-state index contributed by atoms with van der Waals surface area (Å²) in [5.74, 6) is 2.41. The fourth-order valence-corrected chi connectivity index (χ4v) is 6.09. The van der Waals surface area contributed by atoms with Crippen LogP contribution in [0.5, 0.6) is 0 Å². The molecule has 0 aliphatic heterocycles. The Morgan fingerprint density at radius 2 is 1.58 bits per heavy atom. The zero-order valence-corrected chi connectivity index (χ0v) is 15.9. The number of amides is 2. The summed E-state index contributed by atoms with van der Waals surface area (Å²) in [6, 6.07) is 7.18. The number of benzene rings is 1. The summed E-state index contributed by atoms with van der Waals surface area (Å²) in [6.07, 6.45) is 8.41. The number of aryl methyl sites for hydroxylation is 1. The molecule has 1 aromatic carbocycles. The molecule has 2 amide bonds. The summed E-state index contributed by atoms with van der Waals surface area (Å²) in [5.41, 5.74) is 2.13. The lowest BCUT2D eigenvalue weighted by molar-refractivity contribution is -0.132. The van der Waals surface area contributed by atoms with Crippen LogP contribution in [0.4, 0.5) is 5.69 Å². The van der Waals surface area contributed by atoms with Crippen LogP contribution in [0.15, 0.2) is 24.3 Å². The first kappa shape index (κ1) is 17.6. The van der Waals surface area contributed by atoms with Gasteiger partial charge >= 0.3 is 0 Å². The molecule has 0 heterocycles. The Labute approximate surface area is 156 Å². The van der Waals surface area contributed by atoms with Crippen molar-refractivity contribution in [1.82, 2.24) is 5.32 Å². The molecule has 0 unspecified atom stereocenters. The first-order chi connectivity index (χ1) is 12.4. The molecule has 0 radical (unpaired) electrons. The van der Waals surface area contributed by atoms with Crippen molar-refractivity contribution >= 4 is 17.5 Å². The summed E-state index contributed by atoms with van der Waals surface area (Å²) >= 11 is 0. The number of nitrogens with one attached hydrogen (secondary N) is 2. The van der Waals surface area contributed by atoms with Crippen LogP contribution in [0, 0.1) is 30.1 Å². The molecule has 5 rings (SSSR count). The molecular weight excluding hydrogens is 324 g/mol. The summed E-state index contributed by atoms with van der Waals surface area (Å²) in [4.78, 5) is 25.0. The minimum absolute atomic E-state index is 0.0403. The average Bonchev–Trinajstić information content (AvgIpc) is 2.55. The standard InChI is InChI=1S/C22H30N2O2/c1-14-3-5-19(6-4-14)24-21(26)15(2)23-20(25)13-22-10-16-7-17(11-22)9-18(8-16)12-22/h3-6,15-18H,7-13H2,1-2H3,(H,23,25)(H,24,26)/t15-,16?,17?,18?,22?/m1/s1. The van der Waals surface area contributed by atoms with Gasteiger partial charge in [0.25, 0.3) is 0 Å². The van der Waals surface area contributed by atoms with Crippen LogP contribution in [0.25, 0.3) is 0 Å². The van der Waals surface area contributed by atoms with Crippen LogP contribution in [0.1, 0.15) is 57.4 Å². The topological polar surface area (TPSA) is 58.2 Å². The molecule has 2 N–H and O–H groups in total. The van der Waals surface area contributed by atoms with Crippen LogP contribution in [0.2, 0.25) is 0 Å². The Morgan fingerprint density at radius 1 is 1.04 bits per heavy atom. The van der Waals surface area contributed by atoms with Crippen molar-refractivity contribution in [2.75, 3.05) is 5.32 Å². The van der Waals surface area contributed by atoms with E-state index in [2.05, 4.69) is 10.6 Å². The molecule has 4 heteroatoms. The lowest BCUT2D eigenvalue weighted by atomic mass is 9.49. The number of rotatable bonds is 5. The third-order valence-electron chi connectivity index (χ3n) is 6.79. The average molecular weight is 354 g/mol. The minimum Gasteiger partial charge on any atom is -0.345 e. The Bertz CT molecular complexity index is 659. The second kappa shape index (κ2) is 6.71. The first-order valence-electron chi connectivity index (χ1n) is 10.1. The molecule has 4 aliphatic rings. The molecule has 4 fully saturated rings. The van der Waals surface area contributed by atoms with E-state index in [1.54, 1.807) is 6.92 Å². The van der Waals surface area contributed by atoms with E-state index in [1.165, 1.54) is 38.5 Å². The van der Waals surface area contributed by atoms with Crippen molar-refractivity contribution < 1.29 is 9.59 Å². The van der Waals surface area contributed by atoms with Crippen molar-refractivity contribution in [2.45, 2.75) is 64.8 Å². The van der Waals surface area contributed by atoms with Crippen molar-refractivity contribution in [1.29, 1.82) is 0 Å². The van der Waals surface area contributed by atoms with Gasteiger partial charge in [0, 0.05) is 12.1 Å². The Morgan fingerprint density at radius 3 is 2.12 bits per heavy atom. The highest BCUT2D eigenvalue weighted by Crippen LogP contribution is 2.61. The molecule has 0 aromatic heterocycles. The van der Waals surface area contributed by atoms with E-state index >= 15 is 0 Å². The summed E-state index contributed by atoms with van der Waals surface area (Å²) < 4.78 is 0. The second-order valence-corrected chi connectivity index (χ2v) is 9.24. The normalized spacial score (nSPS) is 32.9. The van der Waals surface area contributed by atoms with Gasteiger partial charge in [0.05, 0.1) is 0 Å². The second-order valence-electron chi connectivity index (χ2n) is 9.24. The highest BCUT2D eigenvalue weighted by molar-refractivity contribution is 5.96. The fourth-order valence-electron chi connectivity index (χ4n) is 6.09. The largest absolute Gasteiger partial charge is 0.345 e. The predicted octanol–water partition coefficient (Wildman–Crippen LogP) is 4.04. The number of hydrogen-bond acceptors (Lipinski definition) is 2. The maximum Gasteiger partial charge on any atom is 0.246 e. The third-order valence-corrected chi connectivity index (χ3v) is 6.79. The van der Waals surface area contributed by atoms with E-state index < -0.39 is 6.04 Å². The van der Waals surface area contributed by atoms with Crippen molar-refractivity contribution in [3.8, 4) is 0 Å². The predicted molar refractivity (Wildman–Crippen MR) is 103 cm³/mol. The summed E-state index contributed by atoms with van der Waals surface area (Å²) in [7, 11) is 0. The monoisotopic (exact) mass is 354 g/mol. The molecule has 0 saturated heterocycles. The highest BCUT2D eigenvalue weighted by Gasteiger charge is 2.51. The summed E-state index contributed by atoms with van der Waals surface area (Å²) in [6.45, 7) is 3.78. The van der Waals surface area contributed by atoms with Crippen LogP contribution in [-0.2, 0) is 9.59 Å². The van der Waals surface area contributed by atoms with Crippen molar-refractivity contribution in [3.05, 3.63) is 29.8 Å². The number of anilines is 1. The van der Waals surface area contributed by atoms with Gasteiger partial charge in [-0.15, -0.1) is 0 Å². The molecule has 4 saturated carbocycles. The summed E-state index contributed by atoms with van der Waals surface area (Å²) in [5, 5.41) is 5.82. The minimum atomic E-state index is -0.516. The van der Waals surface area contributed by atoms with Crippen molar-refractivity contribution in [2.24, 2.45) is 23.2 Å². The van der Waals surface area contributed by atoms with Gasteiger partial charge in [0.1, 0.15) is 6.04 Å². The molecule has 1 atom stereocenters. The highest BCUT2D eigenvalue weighted by atomic mass is 16.2. The molecule has 1 aromatic rings. The van der Waals surface area contributed by atoms with Gasteiger partial charge in [-0.3, -0.25) is 9.59 Å². The molecule has 4 bridgehead atoms. The van der Waals surface area contributed by atoms with Gasteiger partial charge in [-0.25, -0.2) is 0 Å². The lowest BCUT2D eigenvalue weighted by Crippen LogP contribution is -2.49. The van der Waals surface area contributed by atoms with Crippen LogP contribution in [-0.4, -0.2) is 17.9 Å². The maximum absolute atomic E-state index is 12.6. The van der Waals surface area contributed by atoms with E-state index in [-0.39, 0.29) is 17.2 Å². The smallest absolute Gasteiger partial charge is 0.246 e. The van der Waals surface area contributed by atoms with E-state index in [1.807, 2.05) is 31.2 Å². The molecule has 26 heavy (non-hydrogen) atoms. The quantitative estimate of drug-likeness (QED) is 0.838. The van der Waals surface area contributed by atoms with E-state index in [4.69, 9.17) is 0 Å². The van der Waals surface area contributed by atoms with Gasteiger partial charge in [0.15, 0.2) is 0 Å². The number of hydrogen-bond donors (Lipinski definition) is 2. The van der Waals surface area contributed by atoms with Gasteiger partial charge in [-0.2, -0.15) is 0 Å². The molecule has 4 aliphatic carbocycles. The van der Waals surface area contributed by atoms with Gasteiger partial charge in [-0.1, -0.05) is 17.7 Å². The molecule has 4 nitrogen and oxygen atoms in total. The van der Waals surface area contributed by atoms with Crippen LogP contribution in [0.3, 0.4) is 0 Å². The van der Waals surface area contributed by atoms with Gasteiger partial charge in [-0.05, 0) is 87.7 Å². The van der Waals surface area contributed by atoms with E-state index in [9.17, 15) is 9.59 Å². The first-order valence-corrected chi connectivity index (χ1v) is 10.1. The molecule has 140 valence electrons. The van der Waals surface area contributed by atoms with E-state index in [0.717, 1.165) is 29.0 Å². The van der Waals surface area contributed by atoms with E-state index in [0.29, 0.717) is 6.42 Å². The fraction of sp³-hybridized carbons (Fsp3) is 0.636. The SMILES string of the molecule is Cc1ccc(NC(=O)[C@@H](C)NC(=O)CC23CC4CC(CC(C4)C2)C3)cc1. The van der Waals surface area contributed by atoms with Crippen molar-refractivity contribution in [3.63, 3.8) is 0 Å². The third kappa shape index (κ3) is 3.65. The van der Waals surface area contributed by atoms with Crippen LogP contribution < -0.4 is 10.6 Å². The van der Waals surface area contributed by atoms with Gasteiger partial charge < -0.3 is 10.6 Å². The van der Waals surface area contributed by atoms with Gasteiger partial charge in [0.2, 0.25) is 11.8 Å². The Hall–Kier alpha value is -1.84. The Kier molecular flexibility index (Phi) is 4.54. The molecule has 0 spiro atoms. The molecular formula is C22H30N2O2. The maximum atomic E-state index is 12.6. The Balaban J connectivity index is 1.31. The lowest BCUT2D eigenvalue weighted by Gasteiger charge is -2.56. The van der Waals surface area contributed by atoms with Crippen LogP contribution >= 0.6 is 0 Å².